The maximum absolute atomic E-state index is 12.5. The van der Waals surface area contributed by atoms with Crippen LogP contribution in [0.1, 0.15) is 0 Å². The van der Waals surface area contributed by atoms with Gasteiger partial charge in [-0.25, -0.2) is 4.79 Å². The predicted octanol–water partition coefficient (Wildman–Crippen LogP) is 2.62. The fourth-order valence-electron chi connectivity index (χ4n) is 2.79. The van der Waals surface area contributed by atoms with E-state index in [9.17, 15) is 4.79 Å². The number of carbonyl (C=O) groups excluding carboxylic acids is 1. The van der Waals surface area contributed by atoms with Crippen molar-refractivity contribution in [2.45, 2.75) is 4.90 Å². The van der Waals surface area contributed by atoms with E-state index in [0.717, 1.165) is 35.2 Å². The molecule has 0 aliphatic carbocycles. The molecular formula is C18H24N6OS. The van der Waals surface area contributed by atoms with Crippen LogP contribution in [0.3, 0.4) is 0 Å². The van der Waals surface area contributed by atoms with Crippen LogP contribution in [-0.4, -0.2) is 67.7 Å². The Kier molecular flexibility index (Phi) is 5.82. The summed E-state index contributed by atoms with van der Waals surface area (Å²) < 4.78 is 0. The molecule has 2 heterocycles. The number of anilines is 3. The van der Waals surface area contributed by atoms with Crippen molar-refractivity contribution in [3.63, 3.8) is 0 Å². The third kappa shape index (κ3) is 4.37. The number of rotatable bonds is 4. The van der Waals surface area contributed by atoms with Gasteiger partial charge in [0.05, 0.1) is 11.9 Å². The summed E-state index contributed by atoms with van der Waals surface area (Å²) in [5.74, 6) is 0.851. The molecule has 1 aromatic carbocycles. The molecule has 0 bridgehead atoms. The van der Waals surface area contributed by atoms with Crippen molar-refractivity contribution in [1.29, 1.82) is 0 Å². The second-order valence-electron chi connectivity index (χ2n) is 6.30. The number of hydrogen-bond acceptors (Lipinski definition) is 6. The summed E-state index contributed by atoms with van der Waals surface area (Å²) in [7, 11) is 3.96. The summed E-state index contributed by atoms with van der Waals surface area (Å²) in [6.45, 7) is 2.79. The summed E-state index contributed by atoms with van der Waals surface area (Å²) in [6.07, 6.45) is 3.77. The first-order valence-corrected chi connectivity index (χ1v) is 9.74. The Morgan fingerprint density at radius 1 is 1.19 bits per heavy atom. The van der Waals surface area contributed by atoms with E-state index in [1.807, 2.05) is 60.5 Å². The van der Waals surface area contributed by atoms with Crippen LogP contribution in [0.5, 0.6) is 0 Å². The van der Waals surface area contributed by atoms with Crippen molar-refractivity contribution in [3.8, 4) is 0 Å². The van der Waals surface area contributed by atoms with Crippen LogP contribution in [0, 0.1) is 0 Å². The minimum atomic E-state index is -0.0592. The van der Waals surface area contributed by atoms with Crippen LogP contribution < -0.4 is 15.1 Å². The van der Waals surface area contributed by atoms with E-state index in [1.165, 1.54) is 0 Å². The molecule has 1 fully saturated rings. The molecule has 1 aromatic heterocycles. The zero-order valence-electron chi connectivity index (χ0n) is 15.3. The lowest BCUT2D eigenvalue weighted by Gasteiger charge is -2.35. The summed E-state index contributed by atoms with van der Waals surface area (Å²) in [6, 6.07) is 9.85. The number of nitrogens with one attached hydrogen (secondary N) is 1. The number of urea groups is 1. The van der Waals surface area contributed by atoms with Gasteiger partial charge < -0.3 is 20.0 Å². The van der Waals surface area contributed by atoms with Crippen molar-refractivity contribution in [3.05, 3.63) is 36.5 Å². The SMILES string of the molecule is CSc1cccc(NC(=O)N2CCN(c3cc(N(C)C)cnn3)CC2)c1. The van der Waals surface area contributed by atoms with Crippen molar-refractivity contribution in [2.75, 3.05) is 61.6 Å². The molecule has 26 heavy (non-hydrogen) atoms. The van der Waals surface area contributed by atoms with Gasteiger partial charge in [0.25, 0.3) is 0 Å². The van der Waals surface area contributed by atoms with Crippen LogP contribution in [-0.2, 0) is 0 Å². The second-order valence-corrected chi connectivity index (χ2v) is 7.18. The first kappa shape index (κ1) is 18.3. The van der Waals surface area contributed by atoms with Gasteiger partial charge >= 0.3 is 6.03 Å². The average Bonchev–Trinajstić information content (AvgIpc) is 2.68. The molecule has 3 rings (SSSR count). The maximum Gasteiger partial charge on any atom is 0.321 e. The highest BCUT2D eigenvalue weighted by molar-refractivity contribution is 7.98. The molecule has 0 unspecified atom stereocenters. The molecule has 1 aliphatic heterocycles. The fraction of sp³-hybridized carbons (Fsp3) is 0.389. The van der Waals surface area contributed by atoms with E-state index in [0.29, 0.717) is 13.1 Å². The number of aromatic nitrogens is 2. The molecule has 0 saturated carbocycles. The largest absolute Gasteiger partial charge is 0.376 e. The molecule has 0 spiro atoms. The highest BCUT2D eigenvalue weighted by atomic mass is 32.2. The number of thioether (sulfide) groups is 1. The van der Waals surface area contributed by atoms with Crippen LogP contribution in [0.2, 0.25) is 0 Å². The van der Waals surface area contributed by atoms with Crippen LogP contribution >= 0.6 is 11.8 Å². The van der Waals surface area contributed by atoms with Gasteiger partial charge in [-0.3, -0.25) is 0 Å². The number of carbonyl (C=O) groups is 1. The van der Waals surface area contributed by atoms with Gasteiger partial charge in [-0.1, -0.05) is 6.07 Å². The van der Waals surface area contributed by atoms with Gasteiger partial charge in [-0.2, -0.15) is 5.10 Å². The highest BCUT2D eigenvalue weighted by Gasteiger charge is 2.22. The van der Waals surface area contributed by atoms with Crippen LogP contribution in [0.4, 0.5) is 22.0 Å². The predicted molar refractivity (Wildman–Crippen MR) is 107 cm³/mol. The molecular weight excluding hydrogens is 348 g/mol. The fourth-order valence-corrected chi connectivity index (χ4v) is 3.25. The van der Waals surface area contributed by atoms with Crippen LogP contribution in [0.15, 0.2) is 41.4 Å². The quantitative estimate of drug-likeness (QED) is 0.833. The smallest absolute Gasteiger partial charge is 0.321 e. The molecule has 1 saturated heterocycles. The summed E-state index contributed by atoms with van der Waals surface area (Å²) in [4.78, 5) is 19.6. The van der Waals surface area contributed by atoms with E-state index in [-0.39, 0.29) is 6.03 Å². The summed E-state index contributed by atoms with van der Waals surface area (Å²) in [5, 5.41) is 11.3. The monoisotopic (exact) mass is 372 g/mol. The Morgan fingerprint density at radius 2 is 1.96 bits per heavy atom. The van der Waals surface area contributed by atoms with Gasteiger partial charge in [-0.15, -0.1) is 16.9 Å². The van der Waals surface area contributed by atoms with Crippen molar-refractivity contribution in [2.24, 2.45) is 0 Å². The molecule has 7 nitrogen and oxygen atoms in total. The number of hydrogen-bond donors (Lipinski definition) is 1. The van der Waals surface area contributed by atoms with Crippen molar-refractivity contribution < 1.29 is 4.79 Å². The second kappa shape index (κ2) is 8.27. The molecule has 1 aliphatic rings. The molecule has 2 amide bonds. The third-order valence-corrected chi connectivity index (χ3v) is 5.08. The Hall–Kier alpha value is -2.48. The minimum Gasteiger partial charge on any atom is -0.376 e. The summed E-state index contributed by atoms with van der Waals surface area (Å²) >= 11 is 1.66. The first-order valence-electron chi connectivity index (χ1n) is 8.52. The van der Waals surface area contributed by atoms with Gasteiger partial charge in [0, 0.05) is 56.9 Å². The van der Waals surface area contributed by atoms with E-state index >= 15 is 0 Å². The zero-order valence-corrected chi connectivity index (χ0v) is 16.2. The van der Waals surface area contributed by atoms with Gasteiger partial charge in [-0.05, 0) is 24.5 Å². The molecule has 2 aromatic rings. The highest BCUT2D eigenvalue weighted by Crippen LogP contribution is 2.21. The molecule has 0 radical (unpaired) electrons. The van der Waals surface area contributed by atoms with Gasteiger partial charge in [0.1, 0.15) is 0 Å². The van der Waals surface area contributed by atoms with E-state index in [4.69, 9.17) is 0 Å². The minimum absolute atomic E-state index is 0.0592. The topological polar surface area (TPSA) is 64.6 Å². The zero-order chi connectivity index (χ0) is 18.5. The van der Waals surface area contributed by atoms with Crippen LogP contribution in [0.25, 0.3) is 0 Å². The maximum atomic E-state index is 12.5. The first-order chi connectivity index (χ1) is 12.6. The number of nitrogens with zero attached hydrogens (tertiary/aromatic N) is 5. The Bertz CT molecular complexity index is 761. The molecule has 0 atom stereocenters. The number of amides is 2. The van der Waals surface area contributed by atoms with Crippen molar-refractivity contribution in [1.82, 2.24) is 15.1 Å². The van der Waals surface area contributed by atoms with Gasteiger partial charge in [0.15, 0.2) is 5.82 Å². The van der Waals surface area contributed by atoms with E-state index < -0.39 is 0 Å². The van der Waals surface area contributed by atoms with E-state index in [2.05, 4.69) is 20.4 Å². The number of piperazine rings is 1. The third-order valence-electron chi connectivity index (χ3n) is 4.36. The average molecular weight is 372 g/mol. The Balaban J connectivity index is 1.57. The lowest BCUT2D eigenvalue weighted by molar-refractivity contribution is 0.208. The Morgan fingerprint density at radius 3 is 2.65 bits per heavy atom. The van der Waals surface area contributed by atoms with E-state index in [1.54, 1.807) is 18.0 Å². The lowest BCUT2D eigenvalue weighted by atomic mass is 10.3. The molecule has 8 heteroatoms. The lowest BCUT2D eigenvalue weighted by Crippen LogP contribution is -2.50. The van der Waals surface area contributed by atoms with Gasteiger partial charge in [0.2, 0.25) is 0 Å². The normalized spacial score (nSPS) is 14.3. The standard InChI is InChI=1S/C18H24N6OS/c1-22(2)15-12-17(21-19-13-15)23-7-9-24(10-8-23)18(25)20-14-5-4-6-16(11-14)26-3/h4-6,11-13H,7-10H2,1-3H3,(H,20,25). The van der Waals surface area contributed by atoms with Crippen molar-refractivity contribution >= 4 is 35.0 Å². The number of benzene rings is 1. The summed E-state index contributed by atoms with van der Waals surface area (Å²) in [5.41, 5.74) is 1.85. The molecule has 1 N–H and O–H groups in total. The molecule has 138 valence electrons. The Labute approximate surface area is 158 Å².